The first-order valence-corrected chi connectivity index (χ1v) is 15.4. The van der Waals surface area contributed by atoms with Gasteiger partial charge in [-0.2, -0.15) is 0 Å². The third-order valence-electron chi connectivity index (χ3n) is 3.49. The first kappa shape index (κ1) is 19.1. The molecule has 0 spiro atoms. The van der Waals surface area contributed by atoms with Crippen LogP contribution in [-0.4, -0.2) is 16.6 Å². The lowest BCUT2D eigenvalue weighted by Gasteiger charge is -2.36. The smallest absolute Gasteiger partial charge is 0.184 e. The highest BCUT2D eigenvalue weighted by Gasteiger charge is 2.34. The minimum Gasteiger partial charge on any atom is -0.408 e. The quantitative estimate of drug-likeness (QED) is 0.551. The maximum absolute atomic E-state index is 6.62. The molecule has 0 aliphatic heterocycles. The molecule has 0 aliphatic carbocycles. The molecule has 2 unspecified atom stereocenters. The average Bonchev–Trinajstić information content (AvgIpc) is 2.50. The molecular formula is C20H30O2Si2. The number of hydrogen-bond donors (Lipinski definition) is 0. The van der Waals surface area contributed by atoms with Gasteiger partial charge in [-0.3, -0.25) is 0 Å². The molecule has 0 radical (unpaired) electrons. The van der Waals surface area contributed by atoms with Gasteiger partial charge in [0.2, 0.25) is 0 Å². The van der Waals surface area contributed by atoms with Gasteiger partial charge in [0, 0.05) is 0 Å². The molecule has 0 amide bonds. The molecule has 2 atom stereocenters. The SMILES string of the molecule is C[Si](C)(C)OC(c1ccccc1)C(O[Si](C)(C)C)c1ccccc1. The molecule has 2 aromatic carbocycles. The van der Waals surface area contributed by atoms with Crippen LogP contribution in [0.3, 0.4) is 0 Å². The van der Waals surface area contributed by atoms with Crippen LogP contribution in [0.25, 0.3) is 0 Å². The summed E-state index contributed by atoms with van der Waals surface area (Å²) >= 11 is 0. The largest absolute Gasteiger partial charge is 0.408 e. The van der Waals surface area contributed by atoms with Crippen molar-refractivity contribution in [3.05, 3.63) is 71.8 Å². The van der Waals surface area contributed by atoms with Gasteiger partial charge in [0.05, 0.1) is 12.2 Å². The fourth-order valence-electron chi connectivity index (χ4n) is 2.66. The van der Waals surface area contributed by atoms with E-state index in [1.165, 1.54) is 11.1 Å². The maximum atomic E-state index is 6.62. The Morgan fingerprint density at radius 2 is 0.833 bits per heavy atom. The fourth-order valence-corrected chi connectivity index (χ4v) is 4.70. The predicted octanol–water partition coefficient (Wildman–Crippen LogP) is 6.17. The van der Waals surface area contributed by atoms with Crippen molar-refractivity contribution in [3.8, 4) is 0 Å². The Balaban J connectivity index is 2.47. The molecule has 0 aliphatic rings. The molecule has 0 aromatic heterocycles. The van der Waals surface area contributed by atoms with Crippen LogP contribution in [-0.2, 0) is 8.85 Å². The van der Waals surface area contributed by atoms with Gasteiger partial charge < -0.3 is 8.85 Å². The van der Waals surface area contributed by atoms with E-state index in [0.717, 1.165) is 0 Å². The van der Waals surface area contributed by atoms with Crippen LogP contribution >= 0.6 is 0 Å². The molecular weight excluding hydrogens is 328 g/mol. The molecule has 0 bridgehead atoms. The van der Waals surface area contributed by atoms with Crippen LogP contribution < -0.4 is 0 Å². The van der Waals surface area contributed by atoms with Crippen molar-refractivity contribution in [3.63, 3.8) is 0 Å². The Hall–Kier alpha value is -1.21. The van der Waals surface area contributed by atoms with Crippen LogP contribution in [0.1, 0.15) is 23.3 Å². The second-order valence-corrected chi connectivity index (χ2v) is 17.0. The van der Waals surface area contributed by atoms with Crippen LogP contribution in [0.5, 0.6) is 0 Å². The Kier molecular flexibility index (Phi) is 6.20. The van der Waals surface area contributed by atoms with Gasteiger partial charge in [-0.25, -0.2) is 0 Å². The molecule has 0 N–H and O–H groups in total. The topological polar surface area (TPSA) is 18.5 Å². The summed E-state index contributed by atoms with van der Waals surface area (Å²) in [7, 11) is -3.48. The van der Waals surface area contributed by atoms with Gasteiger partial charge in [0.15, 0.2) is 16.6 Å². The standard InChI is InChI=1S/C20H30O2Si2/c1-23(2,3)21-19(17-13-9-7-10-14-17)20(22-24(4,5)6)18-15-11-8-12-16-18/h7-16,19-20H,1-6H3. The van der Waals surface area contributed by atoms with E-state index < -0.39 is 16.6 Å². The lowest BCUT2D eigenvalue weighted by molar-refractivity contribution is 0.0420. The summed E-state index contributed by atoms with van der Waals surface area (Å²) in [6.07, 6.45) is -0.154. The van der Waals surface area contributed by atoms with E-state index in [9.17, 15) is 0 Å². The molecule has 0 saturated carbocycles. The molecule has 4 heteroatoms. The molecule has 24 heavy (non-hydrogen) atoms. The Morgan fingerprint density at radius 1 is 0.542 bits per heavy atom. The van der Waals surface area contributed by atoms with E-state index >= 15 is 0 Å². The molecule has 130 valence electrons. The monoisotopic (exact) mass is 358 g/mol. The summed E-state index contributed by atoms with van der Waals surface area (Å²) in [4.78, 5) is 0. The van der Waals surface area contributed by atoms with Gasteiger partial charge in [0.1, 0.15) is 0 Å². The molecule has 0 fully saturated rings. The molecule has 0 saturated heterocycles. The fraction of sp³-hybridized carbons (Fsp3) is 0.400. The highest BCUT2D eigenvalue weighted by Crippen LogP contribution is 2.39. The van der Waals surface area contributed by atoms with Crippen LogP contribution in [0.2, 0.25) is 39.3 Å². The van der Waals surface area contributed by atoms with Gasteiger partial charge in [-0.05, 0) is 50.4 Å². The van der Waals surface area contributed by atoms with Gasteiger partial charge >= 0.3 is 0 Å². The Labute approximate surface area is 149 Å². The minimum absolute atomic E-state index is 0.0769. The first-order chi connectivity index (χ1) is 11.2. The summed E-state index contributed by atoms with van der Waals surface area (Å²) in [6, 6.07) is 21.0. The summed E-state index contributed by atoms with van der Waals surface area (Å²) in [5.41, 5.74) is 2.37. The van der Waals surface area contributed by atoms with Crippen molar-refractivity contribution < 1.29 is 8.85 Å². The number of benzene rings is 2. The Morgan fingerprint density at radius 3 is 1.08 bits per heavy atom. The normalized spacial score (nSPS) is 15.1. The third-order valence-corrected chi connectivity index (χ3v) is 5.41. The predicted molar refractivity (Wildman–Crippen MR) is 107 cm³/mol. The van der Waals surface area contributed by atoms with Crippen molar-refractivity contribution in [1.82, 2.24) is 0 Å². The van der Waals surface area contributed by atoms with E-state index in [-0.39, 0.29) is 12.2 Å². The second-order valence-electron chi connectivity index (χ2n) is 8.12. The van der Waals surface area contributed by atoms with Gasteiger partial charge in [0.25, 0.3) is 0 Å². The highest BCUT2D eigenvalue weighted by atomic mass is 28.4. The maximum Gasteiger partial charge on any atom is 0.184 e. The zero-order valence-electron chi connectivity index (χ0n) is 15.7. The van der Waals surface area contributed by atoms with Crippen molar-refractivity contribution >= 4 is 16.6 Å². The van der Waals surface area contributed by atoms with Gasteiger partial charge in [-0.15, -0.1) is 0 Å². The lowest BCUT2D eigenvalue weighted by atomic mass is 9.98. The van der Waals surface area contributed by atoms with Crippen molar-refractivity contribution in [2.75, 3.05) is 0 Å². The van der Waals surface area contributed by atoms with Crippen LogP contribution in [0, 0.1) is 0 Å². The average molecular weight is 359 g/mol. The van der Waals surface area contributed by atoms with E-state index in [0.29, 0.717) is 0 Å². The summed E-state index contributed by atoms with van der Waals surface area (Å²) < 4.78 is 13.2. The zero-order chi connectivity index (χ0) is 17.8. The minimum atomic E-state index is -1.74. The molecule has 2 nitrogen and oxygen atoms in total. The summed E-state index contributed by atoms with van der Waals surface area (Å²) in [5.74, 6) is 0. The summed E-state index contributed by atoms with van der Waals surface area (Å²) in [5, 5.41) is 0. The lowest BCUT2D eigenvalue weighted by Crippen LogP contribution is -2.36. The van der Waals surface area contributed by atoms with Gasteiger partial charge in [-0.1, -0.05) is 60.7 Å². The van der Waals surface area contributed by atoms with E-state index in [1.54, 1.807) is 0 Å². The molecule has 0 heterocycles. The van der Waals surface area contributed by atoms with E-state index in [2.05, 4.69) is 87.8 Å². The van der Waals surface area contributed by atoms with Crippen molar-refractivity contribution in [1.29, 1.82) is 0 Å². The van der Waals surface area contributed by atoms with Crippen LogP contribution in [0.4, 0.5) is 0 Å². The molecule has 2 aromatic rings. The summed E-state index contributed by atoms with van der Waals surface area (Å²) in [6.45, 7) is 13.4. The first-order valence-electron chi connectivity index (χ1n) is 8.61. The van der Waals surface area contributed by atoms with Crippen LogP contribution in [0.15, 0.2) is 60.7 Å². The number of rotatable bonds is 7. The number of hydrogen-bond acceptors (Lipinski definition) is 2. The Bertz CT molecular complexity index is 558. The van der Waals surface area contributed by atoms with E-state index in [1.807, 2.05) is 12.1 Å². The molecule has 2 rings (SSSR count). The van der Waals surface area contributed by atoms with E-state index in [4.69, 9.17) is 8.85 Å². The third kappa shape index (κ3) is 6.02. The van der Waals surface area contributed by atoms with Crippen molar-refractivity contribution in [2.45, 2.75) is 51.5 Å². The highest BCUT2D eigenvalue weighted by molar-refractivity contribution is 6.70. The second kappa shape index (κ2) is 7.78. The zero-order valence-corrected chi connectivity index (χ0v) is 17.7. The van der Waals surface area contributed by atoms with Crippen molar-refractivity contribution in [2.24, 2.45) is 0 Å².